The van der Waals surface area contributed by atoms with E-state index < -0.39 is 0 Å². The average molecular weight is 234 g/mol. The molecule has 1 atom stereocenters. The van der Waals surface area contributed by atoms with Gasteiger partial charge >= 0.3 is 0 Å². The molecule has 2 aliphatic heterocycles. The molecule has 0 aliphatic carbocycles. The van der Waals surface area contributed by atoms with Gasteiger partial charge in [-0.2, -0.15) is 0 Å². The molecule has 1 aromatic rings. The van der Waals surface area contributed by atoms with Crippen LogP contribution in [0.4, 0.5) is 0 Å². The number of nitrogens with zero attached hydrogens (tertiary/aromatic N) is 1. The minimum absolute atomic E-state index is 0.245. The molecule has 2 heterocycles. The molecule has 2 N–H and O–H groups in total. The highest BCUT2D eigenvalue weighted by Crippen LogP contribution is 2.36. The second kappa shape index (κ2) is 3.89. The summed E-state index contributed by atoms with van der Waals surface area (Å²) < 4.78 is 11.1. The van der Waals surface area contributed by atoms with Crippen molar-refractivity contribution in [2.24, 2.45) is 5.73 Å². The van der Waals surface area contributed by atoms with Gasteiger partial charge in [-0.25, -0.2) is 0 Å². The van der Waals surface area contributed by atoms with Crippen molar-refractivity contribution in [2.45, 2.75) is 12.0 Å². The fourth-order valence-corrected chi connectivity index (χ4v) is 2.62. The molecule has 0 radical (unpaired) electrons. The highest BCUT2D eigenvalue weighted by Gasteiger charge is 2.35. The first-order valence-electron chi connectivity index (χ1n) is 6.05. The summed E-state index contributed by atoms with van der Waals surface area (Å²) >= 11 is 0. The Morgan fingerprint density at radius 3 is 2.71 bits per heavy atom. The second-order valence-electron chi connectivity index (χ2n) is 5.00. The first kappa shape index (κ1) is 10.9. The average Bonchev–Trinajstić information content (AvgIpc) is 2.70. The third-order valence-corrected chi connectivity index (χ3v) is 3.61. The van der Waals surface area contributed by atoms with E-state index in [9.17, 15) is 0 Å². The molecule has 17 heavy (non-hydrogen) atoms. The summed E-state index contributed by atoms with van der Waals surface area (Å²) in [6.45, 7) is 3.19. The Labute approximate surface area is 101 Å². The van der Waals surface area contributed by atoms with Gasteiger partial charge in [-0.15, -0.1) is 0 Å². The molecule has 2 aliphatic rings. The van der Waals surface area contributed by atoms with E-state index in [1.807, 2.05) is 12.1 Å². The van der Waals surface area contributed by atoms with Gasteiger partial charge in [0.25, 0.3) is 0 Å². The van der Waals surface area contributed by atoms with E-state index in [1.54, 1.807) is 0 Å². The zero-order valence-electron chi connectivity index (χ0n) is 10.1. The van der Waals surface area contributed by atoms with Gasteiger partial charge in [-0.05, 0) is 31.2 Å². The van der Waals surface area contributed by atoms with E-state index in [-0.39, 0.29) is 5.54 Å². The Kier molecular flexibility index (Phi) is 2.49. The van der Waals surface area contributed by atoms with E-state index in [0.29, 0.717) is 13.2 Å². The van der Waals surface area contributed by atoms with Gasteiger partial charge in [-0.1, -0.05) is 6.07 Å². The molecule has 4 nitrogen and oxygen atoms in total. The van der Waals surface area contributed by atoms with Gasteiger partial charge in [0, 0.05) is 13.1 Å². The number of fused-ring (bicyclic) bond motifs is 1. The van der Waals surface area contributed by atoms with Crippen molar-refractivity contribution < 1.29 is 9.47 Å². The Bertz CT molecular complexity index is 435. The topological polar surface area (TPSA) is 47.7 Å². The third kappa shape index (κ3) is 1.87. The van der Waals surface area contributed by atoms with Gasteiger partial charge in [-0.3, -0.25) is 0 Å². The van der Waals surface area contributed by atoms with Crippen LogP contribution in [-0.2, 0) is 5.54 Å². The molecular formula is C13H18N2O2. The predicted octanol–water partition coefficient (Wildman–Crippen LogP) is 0.947. The first-order valence-corrected chi connectivity index (χ1v) is 6.05. The van der Waals surface area contributed by atoms with Gasteiger partial charge in [0.1, 0.15) is 13.2 Å². The Morgan fingerprint density at radius 2 is 2.00 bits per heavy atom. The van der Waals surface area contributed by atoms with Gasteiger partial charge in [0.05, 0.1) is 5.54 Å². The molecule has 1 saturated heterocycles. The Hall–Kier alpha value is -1.26. The van der Waals surface area contributed by atoms with Crippen LogP contribution in [0.25, 0.3) is 0 Å². The normalized spacial score (nSPS) is 28.4. The largest absolute Gasteiger partial charge is 0.486 e. The maximum atomic E-state index is 6.47. The van der Waals surface area contributed by atoms with Crippen LogP contribution in [0, 0.1) is 0 Å². The quantitative estimate of drug-likeness (QED) is 0.786. The SMILES string of the molecule is CN1CCC(N)(c2ccc3c(c2)OCCO3)C1. The number of benzene rings is 1. The van der Waals surface area contributed by atoms with Crippen LogP contribution in [0.15, 0.2) is 18.2 Å². The summed E-state index contributed by atoms with van der Waals surface area (Å²) in [4.78, 5) is 2.26. The lowest BCUT2D eigenvalue weighted by atomic mass is 9.90. The highest BCUT2D eigenvalue weighted by atomic mass is 16.6. The maximum absolute atomic E-state index is 6.47. The summed E-state index contributed by atoms with van der Waals surface area (Å²) in [5.41, 5.74) is 7.36. The lowest BCUT2D eigenvalue weighted by Gasteiger charge is -2.26. The van der Waals surface area contributed by atoms with Crippen LogP contribution in [0.1, 0.15) is 12.0 Å². The molecule has 1 aromatic carbocycles. The summed E-state index contributed by atoms with van der Waals surface area (Å²) in [6.07, 6.45) is 0.989. The van der Waals surface area contributed by atoms with Gasteiger partial charge in [0.15, 0.2) is 11.5 Å². The molecule has 1 fully saturated rings. The van der Waals surface area contributed by atoms with Gasteiger partial charge in [0.2, 0.25) is 0 Å². The van der Waals surface area contributed by atoms with Crippen LogP contribution >= 0.6 is 0 Å². The minimum Gasteiger partial charge on any atom is -0.486 e. The Morgan fingerprint density at radius 1 is 1.24 bits per heavy atom. The van der Waals surface area contributed by atoms with Gasteiger partial charge < -0.3 is 20.1 Å². The standard InChI is InChI=1S/C13H18N2O2/c1-15-5-4-13(14,9-15)10-2-3-11-12(8-10)17-7-6-16-11/h2-3,8H,4-7,9,14H2,1H3. The molecule has 0 saturated carbocycles. The third-order valence-electron chi connectivity index (χ3n) is 3.61. The monoisotopic (exact) mass is 234 g/mol. The first-order chi connectivity index (χ1) is 8.17. The summed E-state index contributed by atoms with van der Waals surface area (Å²) in [7, 11) is 2.10. The lowest BCUT2D eigenvalue weighted by Crippen LogP contribution is -2.39. The molecule has 0 spiro atoms. The van der Waals surface area contributed by atoms with Crippen LogP contribution in [-0.4, -0.2) is 38.3 Å². The number of hydrogen-bond acceptors (Lipinski definition) is 4. The number of rotatable bonds is 1. The maximum Gasteiger partial charge on any atom is 0.161 e. The zero-order valence-corrected chi connectivity index (χ0v) is 10.1. The molecule has 1 unspecified atom stereocenters. The summed E-state index contributed by atoms with van der Waals surface area (Å²) in [5.74, 6) is 1.66. The van der Waals surface area contributed by atoms with Crippen LogP contribution in [0.5, 0.6) is 11.5 Å². The van der Waals surface area contributed by atoms with Crippen molar-refractivity contribution in [2.75, 3.05) is 33.4 Å². The number of ether oxygens (including phenoxy) is 2. The van der Waals surface area contributed by atoms with Crippen molar-refractivity contribution in [3.63, 3.8) is 0 Å². The predicted molar refractivity (Wildman–Crippen MR) is 65.4 cm³/mol. The van der Waals surface area contributed by atoms with E-state index in [4.69, 9.17) is 15.2 Å². The van der Waals surface area contributed by atoms with E-state index in [2.05, 4.69) is 18.0 Å². The Balaban J connectivity index is 1.93. The van der Waals surface area contributed by atoms with Crippen LogP contribution in [0.2, 0.25) is 0 Å². The zero-order chi connectivity index (χ0) is 11.9. The lowest BCUT2D eigenvalue weighted by molar-refractivity contribution is 0.171. The van der Waals surface area contributed by atoms with Crippen molar-refractivity contribution in [3.8, 4) is 11.5 Å². The van der Waals surface area contributed by atoms with Crippen molar-refractivity contribution in [1.29, 1.82) is 0 Å². The number of nitrogens with two attached hydrogens (primary N) is 1. The fourth-order valence-electron chi connectivity index (χ4n) is 2.62. The van der Waals surface area contributed by atoms with E-state index >= 15 is 0 Å². The molecular weight excluding hydrogens is 216 g/mol. The fraction of sp³-hybridized carbons (Fsp3) is 0.538. The van der Waals surface area contributed by atoms with Crippen LogP contribution < -0.4 is 15.2 Å². The molecule has 3 rings (SSSR count). The minimum atomic E-state index is -0.245. The second-order valence-corrected chi connectivity index (χ2v) is 5.00. The van der Waals surface area contributed by atoms with Crippen molar-refractivity contribution in [3.05, 3.63) is 23.8 Å². The summed E-state index contributed by atoms with van der Waals surface area (Å²) in [6, 6.07) is 6.07. The molecule has 0 amide bonds. The van der Waals surface area contributed by atoms with Crippen LogP contribution in [0.3, 0.4) is 0 Å². The van der Waals surface area contributed by atoms with Crippen molar-refractivity contribution >= 4 is 0 Å². The van der Waals surface area contributed by atoms with E-state index in [0.717, 1.165) is 36.6 Å². The number of hydrogen-bond donors (Lipinski definition) is 1. The smallest absolute Gasteiger partial charge is 0.161 e. The summed E-state index contributed by atoms with van der Waals surface area (Å²) in [5, 5.41) is 0. The molecule has 92 valence electrons. The molecule has 4 heteroatoms. The van der Waals surface area contributed by atoms with E-state index in [1.165, 1.54) is 0 Å². The highest BCUT2D eigenvalue weighted by molar-refractivity contribution is 5.46. The number of likely N-dealkylation sites (tertiary alicyclic amines) is 1. The van der Waals surface area contributed by atoms with Crippen molar-refractivity contribution in [1.82, 2.24) is 4.90 Å². The number of likely N-dealkylation sites (N-methyl/N-ethyl adjacent to an activating group) is 1. The molecule has 0 aromatic heterocycles. The molecule has 0 bridgehead atoms.